The zero-order chi connectivity index (χ0) is 16.7. The summed E-state index contributed by atoms with van der Waals surface area (Å²) in [5, 5.41) is 3.98. The predicted octanol–water partition coefficient (Wildman–Crippen LogP) is 1.51. The lowest BCUT2D eigenvalue weighted by atomic mass is 10.2. The Bertz CT molecular complexity index is 744. The van der Waals surface area contributed by atoms with Crippen molar-refractivity contribution < 1.29 is 9.32 Å². The largest absolute Gasteiger partial charge is 0.360 e. The molecule has 0 bridgehead atoms. The van der Waals surface area contributed by atoms with Gasteiger partial charge in [0.15, 0.2) is 5.69 Å². The minimum absolute atomic E-state index is 0.0365. The highest BCUT2D eigenvalue weighted by atomic mass is 16.5. The first-order valence-electron chi connectivity index (χ1n) is 8.55. The van der Waals surface area contributed by atoms with Crippen molar-refractivity contribution in [3.8, 4) is 0 Å². The van der Waals surface area contributed by atoms with E-state index in [2.05, 4.69) is 33.7 Å². The average molecular weight is 329 g/mol. The number of carbonyl (C=O) groups excluding carboxylic acids is 1. The molecule has 24 heavy (non-hydrogen) atoms. The summed E-state index contributed by atoms with van der Waals surface area (Å²) in [6.45, 7) is 2.98. The fourth-order valence-electron chi connectivity index (χ4n) is 3.26. The normalized spacial score (nSPS) is 17.9. The molecular weight excluding hydrogens is 306 g/mol. The van der Waals surface area contributed by atoms with Crippen molar-refractivity contribution in [3.05, 3.63) is 35.2 Å². The van der Waals surface area contributed by atoms with Crippen LogP contribution in [0.15, 0.2) is 16.8 Å². The van der Waals surface area contributed by atoms with Gasteiger partial charge in [0, 0.05) is 50.8 Å². The van der Waals surface area contributed by atoms with Crippen LogP contribution in [-0.4, -0.2) is 57.6 Å². The van der Waals surface area contributed by atoms with Crippen LogP contribution in [0.2, 0.25) is 0 Å². The summed E-state index contributed by atoms with van der Waals surface area (Å²) in [6.07, 6.45) is 5.00. The smallest absolute Gasteiger partial charge is 0.276 e. The first-order chi connectivity index (χ1) is 11.6. The van der Waals surface area contributed by atoms with Crippen molar-refractivity contribution in [2.45, 2.75) is 38.3 Å². The zero-order valence-electron chi connectivity index (χ0n) is 14.2. The van der Waals surface area contributed by atoms with E-state index in [0.29, 0.717) is 24.7 Å². The van der Waals surface area contributed by atoms with E-state index in [1.807, 2.05) is 17.2 Å². The molecule has 0 atom stereocenters. The maximum absolute atomic E-state index is 12.7. The molecule has 3 heterocycles. The van der Waals surface area contributed by atoms with Gasteiger partial charge in [0.25, 0.3) is 5.91 Å². The van der Waals surface area contributed by atoms with Crippen LogP contribution in [0.1, 0.15) is 46.5 Å². The van der Waals surface area contributed by atoms with Crippen LogP contribution in [0.4, 0.5) is 0 Å². The lowest BCUT2D eigenvalue weighted by Crippen LogP contribution is -2.34. The van der Waals surface area contributed by atoms with Gasteiger partial charge >= 0.3 is 0 Å². The molecule has 7 nitrogen and oxygen atoms in total. The molecule has 2 aromatic rings. The number of hydrogen-bond donors (Lipinski definition) is 0. The van der Waals surface area contributed by atoms with Gasteiger partial charge in [0.1, 0.15) is 11.6 Å². The van der Waals surface area contributed by atoms with E-state index in [1.165, 1.54) is 5.69 Å². The van der Waals surface area contributed by atoms with E-state index < -0.39 is 0 Å². The molecule has 4 rings (SSSR count). The first kappa shape index (κ1) is 15.4. The van der Waals surface area contributed by atoms with Gasteiger partial charge in [-0.15, -0.1) is 0 Å². The molecule has 7 heteroatoms. The van der Waals surface area contributed by atoms with Gasteiger partial charge in [-0.3, -0.25) is 4.79 Å². The summed E-state index contributed by atoms with van der Waals surface area (Å²) in [4.78, 5) is 21.2. The van der Waals surface area contributed by atoms with Gasteiger partial charge in [-0.2, -0.15) is 0 Å². The minimum Gasteiger partial charge on any atom is -0.360 e. The Morgan fingerprint density at radius 2 is 2.17 bits per heavy atom. The quantitative estimate of drug-likeness (QED) is 0.850. The highest BCUT2D eigenvalue weighted by Crippen LogP contribution is 2.40. The third-order valence-corrected chi connectivity index (χ3v) is 4.71. The summed E-state index contributed by atoms with van der Waals surface area (Å²) in [7, 11) is 4.10. The zero-order valence-corrected chi connectivity index (χ0v) is 14.2. The second-order valence-corrected chi connectivity index (χ2v) is 6.99. The van der Waals surface area contributed by atoms with Gasteiger partial charge < -0.3 is 18.9 Å². The van der Waals surface area contributed by atoms with Gasteiger partial charge in [-0.05, 0) is 26.9 Å². The molecule has 128 valence electrons. The van der Waals surface area contributed by atoms with Crippen LogP contribution in [0.5, 0.6) is 0 Å². The average Bonchev–Trinajstić information content (AvgIpc) is 3.23. The van der Waals surface area contributed by atoms with Gasteiger partial charge in [0.2, 0.25) is 0 Å². The van der Waals surface area contributed by atoms with Crippen LogP contribution in [0, 0.1) is 0 Å². The Morgan fingerprint density at radius 3 is 2.92 bits per heavy atom. The van der Waals surface area contributed by atoms with Crippen molar-refractivity contribution in [1.82, 2.24) is 24.5 Å². The monoisotopic (exact) mass is 329 g/mol. The standard InChI is InChI=1S/C17H23N5O2/c1-20(2)11-13-10-18-16-5-6-21(7-8-22(13)16)17(23)14-9-15(24-19-14)12-3-4-12/h9-10,12H,3-8,11H2,1-2H3. The van der Waals surface area contributed by atoms with Crippen LogP contribution >= 0.6 is 0 Å². The lowest BCUT2D eigenvalue weighted by molar-refractivity contribution is 0.0748. The highest BCUT2D eigenvalue weighted by molar-refractivity contribution is 5.92. The van der Waals surface area contributed by atoms with Crippen LogP contribution < -0.4 is 0 Å². The molecular formula is C17H23N5O2. The molecule has 0 radical (unpaired) electrons. The number of hydrogen-bond acceptors (Lipinski definition) is 5. The van der Waals surface area contributed by atoms with E-state index in [4.69, 9.17) is 4.52 Å². The Morgan fingerprint density at radius 1 is 1.33 bits per heavy atom. The third-order valence-electron chi connectivity index (χ3n) is 4.71. The maximum atomic E-state index is 12.7. The fourth-order valence-corrected chi connectivity index (χ4v) is 3.26. The maximum Gasteiger partial charge on any atom is 0.276 e. The highest BCUT2D eigenvalue weighted by Gasteiger charge is 2.30. The number of nitrogens with zero attached hydrogens (tertiary/aromatic N) is 5. The minimum atomic E-state index is -0.0365. The summed E-state index contributed by atoms with van der Waals surface area (Å²) < 4.78 is 7.56. The molecule has 1 amide bonds. The fraction of sp³-hybridized carbons (Fsp3) is 0.588. The van der Waals surface area contributed by atoms with E-state index in [1.54, 1.807) is 0 Å². The van der Waals surface area contributed by atoms with Gasteiger partial charge in [-0.1, -0.05) is 5.16 Å². The number of amides is 1. The summed E-state index contributed by atoms with van der Waals surface area (Å²) in [5.41, 5.74) is 1.63. The lowest BCUT2D eigenvalue weighted by Gasteiger charge is -2.19. The molecule has 1 aliphatic carbocycles. The molecule has 0 saturated heterocycles. The van der Waals surface area contributed by atoms with Crippen LogP contribution in [0.25, 0.3) is 0 Å². The van der Waals surface area contributed by atoms with E-state index in [-0.39, 0.29) is 5.91 Å². The van der Waals surface area contributed by atoms with Crippen LogP contribution in [-0.2, 0) is 19.5 Å². The van der Waals surface area contributed by atoms with Crippen molar-refractivity contribution in [2.75, 3.05) is 27.2 Å². The van der Waals surface area contributed by atoms with E-state index in [0.717, 1.165) is 43.9 Å². The Balaban J connectivity index is 1.46. The molecule has 0 aromatic carbocycles. The SMILES string of the molecule is CN(C)Cc1cnc2n1CCN(C(=O)c1cc(C3CC3)on1)CC2. The topological polar surface area (TPSA) is 67.4 Å². The van der Waals surface area contributed by atoms with E-state index >= 15 is 0 Å². The Labute approximate surface area is 141 Å². The van der Waals surface area contributed by atoms with E-state index in [9.17, 15) is 4.79 Å². The molecule has 2 aliphatic rings. The number of fused-ring (bicyclic) bond motifs is 1. The molecule has 1 aliphatic heterocycles. The molecule has 1 fully saturated rings. The predicted molar refractivity (Wildman–Crippen MR) is 87.7 cm³/mol. The summed E-state index contributed by atoms with van der Waals surface area (Å²) in [6, 6.07) is 1.82. The van der Waals surface area contributed by atoms with Gasteiger partial charge in [-0.25, -0.2) is 4.98 Å². The molecule has 0 N–H and O–H groups in total. The Kier molecular flexibility index (Phi) is 3.88. The van der Waals surface area contributed by atoms with Gasteiger partial charge in [0.05, 0.1) is 5.69 Å². The second-order valence-electron chi connectivity index (χ2n) is 6.99. The van der Waals surface area contributed by atoms with Crippen molar-refractivity contribution in [3.63, 3.8) is 0 Å². The number of imidazole rings is 1. The molecule has 0 spiro atoms. The molecule has 0 unspecified atom stereocenters. The van der Waals surface area contributed by atoms with Crippen molar-refractivity contribution in [1.29, 1.82) is 0 Å². The Hall–Kier alpha value is -2.15. The van der Waals surface area contributed by atoms with Crippen molar-refractivity contribution in [2.24, 2.45) is 0 Å². The molecule has 1 saturated carbocycles. The summed E-state index contributed by atoms with van der Waals surface area (Å²) in [5.74, 6) is 2.35. The van der Waals surface area contributed by atoms with Crippen LogP contribution in [0.3, 0.4) is 0 Å². The number of rotatable bonds is 4. The summed E-state index contributed by atoms with van der Waals surface area (Å²) >= 11 is 0. The van der Waals surface area contributed by atoms with Crippen molar-refractivity contribution >= 4 is 5.91 Å². The third kappa shape index (κ3) is 2.96. The molecule has 2 aromatic heterocycles. The first-order valence-corrected chi connectivity index (χ1v) is 8.55. The second kappa shape index (κ2) is 6.05. The number of carbonyl (C=O) groups is 1. The number of aromatic nitrogens is 3.